The molecule has 0 radical (unpaired) electrons. The fraction of sp³-hybridized carbons (Fsp3) is 0.750. The van der Waals surface area contributed by atoms with E-state index in [0.717, 1.165) is 57.2 Å². The fourth-order valence-corrected chi connectivity index (χ4v) is 2.63. The zero-order chi connectivity index (χ0) is 15.3. The van der Waals surface area contributed by atoms with Crippen LogP contribution < -0.4 is 10.2 Å². The number of aromatic nitrogens is 2. The Morgan fingerprint density at radius 1 is 1.14 bits per heavy atom. The molecule has 2 rings (SSSR count). The van der Waals surface area contributed by atoms with Crippen LogP contribution in [0.25, 0.3) is 0 Å². The molecule has 5 heteroatoms. The topological polar surface area (TPSA) is 44.3 Å². The van der Waals surface area contributed by atoms with Gasteiger partial charge in [-0.1, -0.05) is 6.92 Å². The standard InChI is InChI=1S/C16H29N5/c1-5-6-17-11-14-12-18-13-15(19-14)20-7-9-21(10-8-20)16(2,3)4/h12-13,17H,5-11H2,1-4H3. The molecule has 0 amide bonds. The molecule has 0 saturated carbocycles. The Balaban J connectivity index is 1.92. The molecule has 0 bridgehead atoms. The zero-order valence-electron chi connectivity index (χ0n) is 13.9. The van der Waals surface area contributed by atoms with Crippen LogP contribution in [0.15, 0.2) is 12.4 Å². The van der Waals surface area contributed by atoms with Crippen LogP contribution in [0.2, 0.25) is 0 Å². The molecule has 0 atom stereocenters. The molecule has 21 heavy (non-hydrogen) atoms. The van der Waals surface area contributed by atoms with Crippen LogP contribution in [-0.4, -0.2) is 53.1 Å². The highest BCUT2D eigenvalue weighted by Gasteiger charge is 2.26. The van der Waals surface area contributed by atoms with Crippen LogP contribution in [-0.2, 0) is 6.54 Å². The van der Waals surface area contributed by atoms with E-state index in [-0.39, 0.29) is 5.54 Å². The Kier molecular flexibility index (Phi) is 5.53. The fourth-order valence-electron chi connectivity index (χ4n) is 2.63. The SMILES string of the molecule is CCCNCc1cncc(N2CCN(C(C)(C)C)CC2)n1. The van der Waals surface area contributed by atoms with Crippen LogP contribution >= 0.6 is 0 Å². The molecule has 1 aromatic heterocycles. The first kappa shape index (κ1) is 16.2. The first-order chi connectivity index (χ1) is 10.0. The highest BCUT2D eigenvalue weighted by molar-refractivity contribution is 5.37. The number of nitrogens with one attached hydrogen (secondary N) is 1. The van der Waals surface area contributed by atoms with Gasteiger partial charge < -0.3 is 10.2 Å². The molecule has 0 spiro atoms. The van der Waals surface area contributed by atoms with Gasteiger partial charge in [-0.25, -0.2) is 4.98 Å². The maximum Gasteiger partial charge on any atom is 0.147 e. The average Bonchev–Trinajstić information content (AvgIpc) is 2.47. The van der Waals surface area contributed by atoms with Crippen LogP contribution in [0.3, 0.4) is 0 Å². The maximum absolute atomic E-state index is 4.74. The lowest BCUT2D eigenvalue weighted by Gasteiger charge is -2.42. The number of piperazine rings is 1. The van der Waals surface area contributed by atoms with E-state index in [4.69, 9.17) is 4.98 Å². The highest BCUT2D eigenvalue weighted by Crippen LogP contribution is 2.19. The van der Waals surface area contributed by atoms with Crippen molar-refractivity contribution in [1.29, 1.82) is 0 Å². The van der Waals surface area contributed by atoms with Crippen molar-refractivity contribution in [3.63, 3.8) is 0 Å². The maximum atomic E-state index is 4.74. The van der Waals surface area contributed by atoms with E-state index in [1.807, 2.05) is 12.4 Å². The average molecular weight is 291 g/mol. The van der Waals surface area contributed by atoms with Gasteiger partial charge in [-0.3, -0.25) is 9.88 Å². The summed E-state index contributed by atoms with van der Waals surface area (Å²) in [6.07, 6.45) is 4.88. The van der Waals surface area contributed by atoms with Crippen molar-refractivity contribution >= 4 is 5.82 Å². The molecule has 118 valence electrons. The van der Waals surface area contributed by atoms with Crippen molar-refractivity contribution in [2.75, 3.05) is 37.6 Å². The number of anilines is 1. The largest absolute Gasteiger partial charge is 0.353 e. The summed E-state index contributed by atoms with van der Waals surface area (Å²) in [7, 11) is 0. The predicted molar refractivity (Wildman–Crippen MR) is 87.6 cm³/mol. The smallest absolute Gasteiger partial charge is 0.147 e. The lowest BCUT2D eigenvalue weighted by Crippen LogP contribution is -2.53. The van der Waals surface area contributed by atoms with Crippen LogP contribution in [0, 0.1) is 0 Å². The van der Waals surface area contributed by atoms with Gasteiger partial charge in [0.25, 0.3) is 0 Å². The molecule has 0 aromatic carbocycles. The summed E-state index contributed by atoms with van der Waals surface area (Å²) in [6, 6.07) is 0. The summed E-state index contributed by atoms with van der Waals surface area (Å²) in [6.45, 7) is 15.1. The third-order valence-electron chi connectivity index (χ3n) is 3.96. The van der Waals surface area contributed by atoms with Gasteiger partial charge in [0.05, 0.1) is 11.9 Å². The van der Waals surface area contributed by atoms with E-state index >= 15 is 0 Å². The molecule has 1 aromatic rings. The van der Waals surface area contributed by atoms with Gasteiger partial charge in [-0.15, -0.1) is 0 Å². The Bertz CT molecular complexity index is 433. The van der Waals surface area contributed by atoms with Crippen molar-refractivity contribution in [2.45, 2.75) is 46.2 Å². The van der Waals surface area contributed by atoms with Crippen molar-refractivity contribution in [2.24, 2.45) is 0 Å². The van der Waals surface area contributed by atoms with Gasteiger partial charge in [-0.05, 0) is 33.7 Å². The van der Waals surface area contributed by atoms with Gasteiger partial charge in [0.1, 0.15) is 5.82 Å². The van der Waals surface area contributed by atoms with Crippen molar-refractivity contribution in [3.8, 4) is 0 Å². The van der Waals surface area contributed by atoms with Crippen LogP contribution in [0.4, 0.5) is 5.82 Å². The van der Waals surface area contributed by atoms with E-state index in [1.165, 1.54) is 0 Å². The molecular formula is C16H29N5. The van der Waals surface area contributed by atoms with E-state index in [2.05, 4.69) is 47.8 Å². The lowest BCUT2D eigenvalue weighted by atomic mass is 10.1. The van der Waals surface area contributed by atoms with Crippen molar-refractivity contribution in [1.82, 2.24) is 20.2 Å². The Morgan fingerprint density at radius 3 is 2.48 bits per heavy atom. The summed E-state index contributed by atoms with van der Waals surface area (Å²) in [4.78, 5) is 14.0. The summed E-state index contributed by atoms with van der Waals surface area (Å²) in [5, 5.41) is 3.38. The molecule has 1 saturated heterocycles. The summed E-state index contributed by atoms with van der Waals surface area (Å²) in [5.41, 5.74) is 1.28. The highest BCUT2D eigenvalue weighted by atomic mass is 15.3. The molecular weight excluding hydrogens is 262 g/mol. The monoisotopic (exact) mass is 291 g/mol. The predicted octanol–water partition coefficient (Wildman–Crippen LogP) is 1.90. The molecule has 2 heterocycles. The third kappa shape index (κ3) is 4.64. The van der Waals surface area contributed by atoms with E-state index < -0.39 is 0 Å². The number of nitrogens with zero attached hydrogens (tertiary/aromatic N) is 4. The Morgan fingerprint density at radius 2 is 1.86 bits per heavy atom. The first-order valence-corrected chi connectivity index (χ1v) is 8.02. The second kappa shape index (κ2) is 7.18. The van der Waals surface area contributed by atoms with E-state index in [9.17, 15) is 0 Å². The third-order valence-corrected chi connectivity index (χ3v) is 3.96. The number of hydrogen-bond acceptors (Lipinski definition) is 5. The minimum Gasteiger partial charge on any atom is -0.353 e. The zero-order valence-corrected chi connectivity index (χ0v) is 13.9. The molecule has 1 aliphatic heterocycles. The Labute approximate surface area is 128 Å². The lowest BCUT2D eigenvalue weighted by molar-refractivity contribution is 0.128. The normalized spacial score (nSPS) is 17.2. The molecule has 1 N–H and O–H groups in total. The molecule has 1 fully saturated rings. The van der Waals surface area contributed by atoms with Gasteiger partial charge in [-0.2, -0.15) is 0 Å². The van der Waals surface area contributed by atoms with E-state index in [0.29, 0.717) is 0 Å². The number of hydrogen-bond donors (Lipinski definition) is 1. The van der Waals surface area contributed by atoms with Gasteiger partial charge >= 0.3 is 0 Å². The first-order valence-electron chi connectivity index (χ1n) is 8.02. The summed E-state index contributed by atoms with van der Waals surface area (Å²) >= 11 is 0. The van der Waals surface area contributed by atoms with Crippen molar-refractivity contribution in [3.05, 3.63) is 18.1 Å². The Hall–Kier alpha value is -1.20. The molecule has 0 aliphatic carbocycles. The van der Waals surface area contributed by atoms with Gasteiger partial charge in [0, 0.05) is 44.5 Å². The summed E-state index contributed by atoms with van der Waals surface area (Å²) in [5.74, 6) is 1.01. The molecule has 0 unspecified atom stereocenters. The summed E-state index contributed by atoms with van der Waals surface area (Å²) < 4.78 is 0. The van der Waals surface area contributed by atoms with Crippen LogP contribution in [0.1, 0.15) is 39.8 Å². The molecule has 5 nitrogen and oxygen atoms in total. The minimum absolute atomic E-state index is 0.254. The van der Waals surface area contributed by atoms with Crippen molar-refractivity contribution < 1.29 is 0 Å². The van der Waals surface area contributed by atoms with Gasteiger partial charge in [0.15, 0.2) is 0 Å². The second-order valence-corrected chi connectivity index (χ2v) is 6.69. The second-order valence-electron chi connectivity index (χ2n) is 6.69. The minimum atomic E-state index is 0.254. The van der Waals surface area contributed by atoms with Crippen LogP contribution in [0.5, 0.6) is 0 Å². The molecule has 1 aliphatic rings. The van der Waals surface area contributed by atoms with Gasteiger partial charge in [0.2, 0.25) is 0 Å². The van der Waals surface area contributed by atoms with E-state index in [1.54, 1.807) is 0 Å². The quantitative estimate of drug-likeness (QED) is 0.839. The number of rotatable bonds is 5.